The Hall–Kier alpha value is -1.13. The van der Waals surface area contributed by atoms with Crippen LogP contribution in [0.4, 0.5) is 0 Å². The summed E-state index contributed by atoms with van der Waals surface area (Å²) < 4.78 is 0. The van der Waals surface area contributed by atoms with E-state index in [1.165, 1.54) is 54.4 Å². The van der Waals surface area contributed by atoms with E-state index in [0.29, 0.717) is 0 Å². The SMILES string of the molecule is Cc1cccc(C)c1P(c1c(C)cccc1C)C1CCCCC1. The number of benzene rings is 2. The lowest BCUT2D eigenvalue weighted by Gasteiger charge is -2.35. The van der Waals surface area contributed by atoms with Crippen molar-refractivity contribution in [3.8, 4) is 0 Å². The third-order valence-electron chi connectivity index (χ3n) is 5.30. The second-order valence-corrected chi connectivity index (χ2v) is 9.51. The average Bonchev–Trinajstić information content (AvgIpc) is 2.53. The topological polar surface area (TPSA) is 0 Å². The van der Waals surface area contributed by atoms with Crippen LogP contribution in [-0.4, -0.2) is 5.66 Å². The quantitative estimate of drug-likeness (QED) is 0.637. The summed E-state index contributed by atoms with van der Waals surface area (Å²) in [6, 6.07) is 13.7. The molecule has 1 aliphatic rings. The Bertz CT molecular complexity index is 588. The van der Waals surface area contributed by atoms with Crippen LogP contribution in [0.1, 0.15) is 54.4 Å². The van der Waals surface area contributed by atoms with Gasteiger partial charge in [0.15, 0.2) is 0 Å². The molecule has 0 radical (unpaired) electrons. The summed E-state index contributed by atoms with van der Waals surface area (Å²) in [6.07, 6.45) is 7.08. The molecular weight excluding hydrogens is 295 g/mol. The molecular formula is C22H29P. The van der Waals surface area contributed by atoms with Gasteiger partial charge in [-0.3, -0.25) is 0 Å². The highest BCUT2D eigenvalue weighted by Crippen LogP contribution is 2.48. The predicted molar refractivity (Wildman–Crippen MR) is 105 cm³/mol. The molecule has 1 fully saturated rings. The van der Waals surface area contributed by atoms with Gasteiger partial charge >= 0.3 is 0 Å². The zero-order valence-corrected chi connectivity index (χ0v) is 15.9. The van der Waals surface area contributed by atoms with Crippen LogP contribution in [0.15, 0.2) is 36.4 Å². The van der Waals surface area contributed by atoms with E-state index in [4.69, 9.17) is 0 Å². The number of aryl methyl sites for hydroxylation is 4. The van der Waals surface area contributed by atoms with Crippen LogP contribution in [0, 0.1) is 27.7 Å². The molecule has 0 nitrogen and oxygen atoms in total. The smallest absolute Gasteiger partial charge is 0.0128 e. The molecule has 1 saturated carbocycles. The van der Waals surface area contributed by atoms with Crippen LogP contribution in [-0.2, 0) is 0 Å². The third-order valence-corrected chi connectivity index (χ3v) is 8.92. The van der Waals surface area contributed by atoms with E-state index in [0.717, 1.165) is 5.66 Å². The molecule has 0 saturated heterocycles. The molecule has 3 rings (SSSR count). The average molecular weight is 324 g/mol. The van der Waals surface area contributed by atoms with Gasteiger partial charge in [0.1, 0.15) is 0 Å². The summed E-state index contributed by atoms with van der Waals surface area (Å²) >= 11 is 0. The Morgan fingerprint density at radius 1 is 0.652 bits per heavy atom. The minimum absolute atomic E-state index is 0.252. The number of hydrogen-bond acceptors (Lipinski definition) is 0. The van der Waals surface area contributed by atoms with E-state index in [-0.39, 0.29) is 7.92 Å². The summed E-state index contributed by atoms with van der Waals surface area (Å²) in [7, 11) is -0.252. The maximum absolute atomic E-state index is 2.31. The lowest BCUT2D eigenvalue weighted by molar-refractivity contribution is 0.513. The zero-order chi connectivity index (χ0) is 16.4. The van der Waals surface area contributed by atoms with Crippen LogP contribution in [0.5, 0.6) is 0 Å². The van der Waals surface area contributed by atoms with Crippen LogP contribution in [0.3, 0.4) is 0 Å². The van der Waals surface area contributed by atoms with Gasteiger partial charge in [-0.1, -0.05) is 55.7 Å². The minimum Gasteiger partial charge on any atom is -0.0617 e. The van der Waals surface area contributed by atoms with E-state index < -0.39 is 0 Å². The minimum atomic E-state index is -0.252. The first-order valence-electron chi connectivity index (χ1n) is 9.01. The van der Waals surface area contributed by atoms with Gasteiger partial charge in [0, 0.05) is 0 Å². The standard InChI is InChI=1S/C22H29P/c1-16-10-8-11-17(2)21(16)23(20-14-6-5-7-15-20)22-18(3)12-9-13-19(22)4/h8-13,20H,5-7,14-15H2,1-4H3. The maximum Gasteiger partial charge on any atom is -0.0128 e. The van der Waals surface area contributed by atoms with Gasteiger partial charge < -0.3 is 0 Å². The van der Waals surface area contributed by atoms with Gasteiger partial charge in [-0.15, -0.1) is 0 Å². The molecule has 0 aliphatic heterocycles. The lowest BCUT2D eigenvalue weighted by Crippen LogP contribution is -2.29. The van der Waals surface area contributed by atoms with Gasteiger partial charge in [-0.2, -0.15) is 0 Å². The Balaban J connectivity index is 2.18. The second kappa shape index (κ2) is 7.18. The van der Waals surface area contributed by atoms with Crippen molar-refractivity contribution in [2.75, 3.05) is 0 Å². The van der Waals surface area contributed by atoms with Crippen molar-refractivity contribution >= 4 is 18.5 Å². The fourth-order valence-electron chi connectivity index (χ4n) is 4.19. The van der Waals surface area contributed by atoms with Crippen LogP contribution >= 0.6 is 7.92 Å². The monoisotopic (exact) mass is 324 g/mol. The molecule has 2 aromatic carbocycles. The molecule has 1 heteroatoms. The fraction of sp³-hybridized carbons (Fsp3) is 0.455. The summed E-state index contributed by atoms with van der Waals surface area (Å²) in [4.78, 5) is 0. The van der Waals surface area contributed by atoms with Crippen LogP contribution < -0.4 is 10.6 Å². The Kier molecular flexibility index (Phi) is 5.22. The molecule has 0 aromatic heterocycles. The van der Waals surface area contributed by atoms with Gasteiger partial charge in [-0.25, -0.2) is 0 Å². The van der Waals surface area contributed by atoms with Crippen molar-refractivity contribution in [3.05, 3.63) is 58.7 Å². The molecule has 23 heavy (non-hydrogen) atoms. The van der Waals surface area contributed by atoms with E-state index >= 15 is 0 Å². The van der Waals surface area contributed by atoms with Crippen molar-refractivity contribution in [1.82, 2.24) is 0 Å². The summed E-state index contributed by atoms with van der Waals surface area (Å²) in [5, 5.41) is 3.32. The molecule has 0 bridgehead atoms. The Morgan fingerprint density at radius 3 is 1.43 bits per heavy atom. The summed E-state index contributed by atoms with van der Waals surface area (Å²) in [5.41, 5.74) is 6.82. The maximum atomic E-state index is 2.31. The van der Waals surface area contributed by atoms with Crippen LogP contribution in [0.25, 0.3) is 0 Å². The fourth-order valence-corrected chi connectivity index (χ4v) is 7.84. The van der Waals surface area contributed by atoms with Crippen LogP contribution in [0.2, 0.25) is 0 Å². The highest BCUT2D eigenvalue weighted by atomic mass is 31.1. The van der Waals surface area contributed by atoms with Gasteiger partial charge in [-0.05, 0) is 87.0 Å². The predicted octanol–water partition coefficient (Wildman–Crippen LogP) is 5.69. The molecule has 0 unspecified atom stereocenters. The lowest BCUT2D eigenvalue weighted by atomic mass is 10.0. The van der Waals surface area contributed by atoms with Crippen molar-refractivity contribution < 1.29 is 0 Å². The van der Waals surface area contributed by atoms with Crippen molar-refractivity contribution in [3.63, 3.8) is 0 Å². The summed E-state index contributed by atoms with van der Waals surface area (Å²) in [6.45, 7) is 9.25. The van der Waals surface area contributed by atoms with Crippen molar-refractivity contribution in [2.24, 2.45) is 0 Å². The van der Waals surface area contributed by atoms with Crippen molar-refractivity contribution in [1.29, 1.82) is 0 Å². The van der Waals surface area contributed by atoms with Crippen molar-refractivity contribution in [2.45, 2.75) is 65.5 Å². The van der Waals surface area contributed by atoms with E-state index in [9.17, 15) is 0 Å². The largest absolute Gasteiger partial charge is 0.0617 e. The molecule has 2 aromatic rings. The molecule has 0 amide bonds. The summed E-state index contributed by atoms with van der Waals surface area (Å²) in [5.74, 6) is 0. The Morgan fingerprint density at radius 2 is 1.04 bits per heavy atom. The van der Waals surface area contributed by atoms with Gasteiger partial charge in [0.2, 0.25) is 0 Å². The van der Waals surface area contributed by atoms with E-state index in [1.807, 2.05) is 0 Å². The first-order chi connectivity index (χ1) is 11.1. The first kappa shape index (κ1) is 16.7. The Labute approximate surface area is 143 Å². The van der Waals surface area contributed by atoms with E-state index in [1.54, 1.807) is 10.6 Å². The number of rotatable bonds is 3. The van der Waals surface area contributed by atoms with Gasteiger partial charge in [0.05, 0.1) is 0 Å². The van der Waals surface area contributed by atoms with Gasteiger partial charge in [0.25, 0.3) is 0 Å². The molecule has 1 aliphatic carbocycles. The van der Waals surface area contributed by atoms with E-state index in [2.05, 4.69) is 64.1 Å². The third kappa shape index (κ3) is 3.38. The zero-order valence-electron chi connectivity index (χ0n) is 15.0. The molecule has 122 valence electrons. The highest BCUT2D eigenvalue weighted by Gasteiger charge is 2.30. The molecule has 0 spiro atoms. The first-order valence-corrected chi connectivity index (χ1v) is 10.4. The molecule has 0 atom stereocenters. The second-order valence-electron chi connectivity index (χ2n) is 7.14. The normalized spacial score (nSPS) is 16.0. The number of hydrogen-bond donors (Lipinski definition) is 0. The molecule has 0 N–H and O–H groups in total. The molecule has 0 heterocycles. The highest BCUT2D eigenvalue weighted by molar-refractivity contribution is 7.74.